The summed E-state index contributed by atoms with van der Waals surface area (Å²) in [6.45, 7) is 6.22. The van der Waals surface area contributed by atoms with E-state index >= 15 is 0 Å². The first-order chi connectivity index (χ1) is 7.89. The third kappa shape index (κ3) is 10.0. The molecule has 2 N–H and O–H groups in total. The molecule has 6 heteroatoms. The quantitative estimate of drug-likeness (QED) is 0.644. The van der Waals surface area contributed by atoms with Crippen LogP contribution in [0.25, 0.3) is 0 Å². The molecule has 0 rings (SSSR count). The van der Waals surface area contributed by atoms with Crippen molar-refractivity contribution in [3.8, 4) is 0 Å². The highest BCUT2D eigenvalue weighted by Gasteiger charge is 2.15. The van der Waals surface area contributed by atoms with E-state index in [1.165, 1.54) is 7.11 Å². The van der Waals surface area contributed by atoms with Crippen molar-refractivity contribution in [1.29, 1.82) is 0 Å². The Morgan fingerprint density at radius 2 is 2.06 bits per heavy atom. The fourth-order valence-corrected chi connectivity index (χ4v) is 1.03. The monoisotopic (exact) mass is 249 g/mol. The van der Waals surface area contributed by atoms with Gasteiger partial charge in [0.1, 0.15) is 11.7 Å². The van der Waals surface area contributed by atoms with Gasteiger partial charge in [-0.1, -0.05) is 0 Å². The van der Waals surface area contributed by atoms with E-state index < -0.39 is 11.7 Å². The highest BCUT2D eigenvalue weighted by molar-refractivity contribution is 5.67. The third-order valence-corrected chi connectivity index (χ3v) is 1.68. The van der Waals surface area contributed by atoms with Gasteiger partial charge in [-0.25, -0.2) is 4.79 Å². The molecule has 0 aliphatic heterocycles. The van der Waals surface area contributed by atoms with Crippen molar-refractivity contribution in [3.05, 3.63) is 0 Å². The molecule has 1 unspecified atom stereocenters. The van der Waals surface area contributed by atoms with E-state index in [1.807, 2.05) is 0 Å². The van der Waals surface area contributed by atoms with E-state index in [0.717, 1.165) is 0 Å². The number of amides is 1. The molecule has 0 heterocycles. The van der Waals surface area contributed by atoms with Gasteiger partial charge < -0.3 is 24.6 Å². The van der Waals surface area contributed by atoms with E-state index in [1.54, 1.807) is 20.8 Å². The van der Waals surface area contributed by atoms with Crippen LogP contribution in [0.1, 0.15) is 20.8 Å². The van der Waals surface area contributed by atoms with Crippen molar-refractivity contribution in [2.24, 2.45) is 0 Å². The second-order valence-corrected chi connectivity index (χ2v) is 4.56. The molecule has 0 aromatic carbocycles. The number of aliphatic hydroxyl groups excluding tert-OH is 1. The van der Waals surface area contributed by atoms with Crippen LogP contribution in [0.2, 0.25) is 0 Å². The van der Waals surface area contributed by atoms with Gasteiger partial charge in [-0.3, -0.25) is 0 Å². The van der Waals surface area contributed by atoms with Crippen molar-refractivity contribution in [3.63, 3.8) is 0 Å². The van der Waals surface area contributed by atoms with Crippen LogP contribution < -0.4 is 5.32 Å². The summed E-state index contributed by atoms with van der Waals surface area (Å²) in [6, 6.07) is 0. The van der Waals surface area contributed by atoms with Crippen LogP contribution in [0.5, 0.6) is 0 Å². The number of hydrogen-bond acceptors (Lipinski definition) is 5. The smallest absolute Gasteiger partial charge is 0.407 e. The Hall–Kier alpha value is -0.850. The minimum atomic E-state index is -0.505. The maximum atomic E-state index is 11.2. The number of hydrogen-bond donors (Lipinski definition) is 2. The molecule has 0 aliphatic carbocycles. The molecule has 6 nitrogen and oxygen atoms in total. The van der Waals surface area contributed by atoms with Crippen LogP contribution >= 0.6 is 0 Å². The average molecular weight is 249 g/mol. The summed E-state index contributed by atoms with van der Waals surface area (Å²) < 4.78 is 15.1. The van der Waals surface area contributed by atoms with Gasteiger partial charge >= 0.3 is 6.09 Å². The number of alkyl carbamates (subject to hydrolysis) is 1. The zero-order valence-corrected chi connectivity index (χ0v) is 11.0. The first-order valence-corrected chi connectivity index (χ1v) is 5.57. The fraction of sp³-hybridized carbons (Fsp3) is 0.909. The molecule has 0 fully saturated rings. The van der Waals surface area contributed by atoms with Crippen molar-refractivity contribution < 1.29 is 24.1 Å². The largest absolute Gasteiger partial charge is 0.444 e. The summed E-state index contributed by atoms with van der Waals surface area (Å²) in [5.74, 6) is 0. The molecular weight excluding hydrogens is 226 g/mol. The predicted octanol–water partition coefficient (Wildman–Crippen LogP) is 0.535. The normalized spacial score (nSPS) is 13.2. The van der Waals surface area contributed by atoms with Gasteiger partial charge in [0.25, 0.3) is 0 Å². The molecule has 0 aliphatic rings. The van der Waals surface area contributed by atoms with Gasteiger partial charge in [-0.15, -0.1) is 0 Å². The van der Waals surface area contributed by atoms with E-state index in [0.29, 0.717) is 19.8 Å². The highest BCUT2D eigenvalue weighted by atomic mass is 16.6. The molecule has 1 atom stereocenters. The number of aliphatic hydroxyl groups is 1. The molecule has 102 valence electrons. The summed E-state index contributed by atoms with van der Waals surface area (Å²) in [4.78, 5) is 11.2. The second-order valence-electron chi connectivity index (χ2n) is 4.56. The minimum absolute atomic E-state index is 0.111. The van der Waals surface area contributed by atoms with Crippen LogP contribution in [-0.4, -0.2) is 56.4 Å². The lowest BCUT2D eigenvalue weighted by molar-refractivity contribution is -0.0301. The minimum Gasteiger partial charge on any atom is -0.444 e. The van der Waals surface area contributed by atoms with Crippen molar-refractivity contribution in [2.45, 2.75) is 32.5 Å². The molecule has 17 heavy (non-hydrogen) atoms. The van der Waals surface area contributed by atoms with E-state index in [9.17, 15) is 4.79 Å². The standard InChI is InChI=1S/C11H23NO5/c1-11(2,3)17-10(14)12-5-6-16-9(7-13)8-15-4/h9,13H,5-8H2,1-4H3,(H,12,14). The Bertz CT molecular complexity index is 214. The van der Waals surface area contributed by atoms with Crippen molar-refractivity contribution in [1.82, 2.24) is 5.32 Å². The van der Waals surface area contributed by atoms with Crippen molar-refractivity contribution >= 4 is 6.09 Å². The van der Waals surface area contributed by atoms with Crippen LogP contribution in [0.3, 0.4) is 0 Å². The third-order valence-electron chi connectivity index (χ3n) is 1.68. The Kier molecular flexibility index (Phi) is 7.86. The molecule has 0 spiro atoms. The summed E-state index contributed by atoms with van der Waals surface area (Å²) in [6.07, 6.45) is -0.839. The summed E-state index contributed by atoms with van der Waals surface area (Å²) in [5.41, 5.74) is -0.505. The number of carbonyl (C=O) groups is 1. The first-order valence-electron chi connectivity index (χ1n) is 5.57. The van der Waals surface area contributed by atoms with Crippen LogP contribution in [-0.2, 0) is 14.2 Å². The second kappa shape index (κ2) is 8.27. The molecule has 0 aromatic rings. The average Bonchev–Trinajstić information content (AvgIpc) is 2.20. The van der Waals surface area contributed by atoms with Gasteiger partial charge in [-0.2, -0.15) is 0 Å². The molecule has 0 saturated heterocycles. The number of carbonyl (C=O) groups excluding carboxylic acids is 1. The Labute approximate surface area is 102 Å². The van der Waals surface area contributed by atoms with E-state index in [2.05, 4.69) is 5.32 Å². The summed E-state index contributed by atoms with van der Waals surface area (Å²) in [5, 5.41) is 11.5. The van der Waals surface area contributed by atoms with Gasteiger partial charge in [0, 0.05) is 13.7 Å². The molecular formula is C11H23NO5. The topological polar surface area (TPSA) is 77.0 Å². The maximum absolute atomic E-state index is 11.2. The number of ether oxygens (including phenoxy) is 3. The van der Waals surface area contributed by atoms with E-state index in [4.69, 9.17) is 19.3 Å². The lowest BCUT2D eigenvalue weighted by Gasteiger charge is -2.20. The maximum Gasteiger partial charge on any atom is 0.407 e. The zero-order chi connectivity index (χ0) is 13.3. The Balaban J connectivity index is 3.60. The SMILES string of the molecule is COCC(CO)OCCNC(=O)OC(C)(C)C. The zero-order valence-electron chi connectivity index (χ0n) is 11.0. The fourth-order valence-electron chi connectivity index (χ4n) is 1.03. The molecule has 0 aromatic heterocycles. The number of nitrogens with one attached hydrogen (secondary N) is 1. The summed E-state index contributed by atoms with van der Waals surface area (Å²) >= 11 is 0. The lowest BCUT2D eigenvalue weighted by atomic mass is 10.2. The molecule has 0 saturated carbocycles. The number of rotatable bonds is 7. The van der Waals surface area contributed by atoms with Crippen molar-refractivity contribution in [2.75, 3.05) is 33.5 Å². The Morgan fingerprint density at radius 1 is 1.41 bits per heavy atom. The number of methoxy groups -OCH3 is 1. The van der Waals surface area contributed by atoms with Crippen LogP contribution in [0, 0.1) is 0 Å². The van der Waals surface area contributed by atoms with Crippen LogP contribution in [0.4, 0.5) is 4.79 Å². The highest BCUT2D eigenvalue weighted by Crippen LogP contribution is 2.06. The van der Waals surface area contributed by atoms with Gasteiger partial charge in [0.2, 0.25) is 0 Å². The summed E-state index contributed by atoms with van der Waals surface area (Å²) in [7, 11) is 1.53. The van der Waals surface area contributed by atoms with Gasteiger partial charge in [0.15, 0.2) is 0 Å². The molecule has 0 bridgehead atoms. The first kappa shape index (κ1) is 16.1. The van der Waals surface area contributed by atoms with E-state index in [-0.39, 0.29) is 12.7 Å². The molecule has 0 radical (unpaired) electrons. The van der Waals surface area contributed by atoms with Gasteiger partial charge in [0.05, 0.1) is 19.8 Å². The van der Waals surface area contributed by atoms with Crippen LogP contribution in [0.15, 0.2) is 0 Å². The van der Waals surface area contributed by atoms with Gasteiger partial charge in [-0.05, 0) is 20.8 Å². The predicted molar refractivity (Wildman–Crippen MR) is 62.9 cm³/mol. The Morgan fingerprint density at radius 3 is 2.53 bits per heavy atom. The molecule has 1 amide bonds. The lowest BCUT2D eigenvalue weighted by Crippen LogP contribution is -2.35.